The van der Waals surface area contributed by atoms with Gasteiger partial charge in [0.2, 0.25) is 0 Å². The monoisotopic (exact) mass is 154 g/mol. The first-order chi connectivity index (χ1) is 5.12. The third-order valence-corrected chi connectivity index (χ3v) is 1.92. The third-order valence-electron chi connectivity index (χ3n) is 1.92. The first kappa shape index (κ1) is 10.7. The molecule has 0 spiro atoms. The Morgan fingerprint density at radius 2 is 1.73 bits per heavy atom. The summed E-state index contributed by atoms with van der Waals surface area (Å²) in [6, 6.07) is 0. The van der Waals surface area contributed by atoms with E-state index < -0.39 is 0 Å². The molecule has 0 aliphatic rings. The summed E-state index contributed by atoms with van der Waals surface area (Å²) < 4.78 is 0. The van der Waals surface area contributed by atoms with Gasteiger partial charge < -0.3 is 0 Å². The van der Waals surface area contributed by atoms with E-state index in [-0.39, 0.29) is 0 Å². The van der Waals surface area contributed by atoms with Crippen LogP contribution in [-0.4, -0.2) is 0 Å². The van der Waals surface area contributed by atoms with Gasteiger partial charge in [0.15, 0.2) is 0 Å². The van der Waals surface area contributed by atoms with E-state index in [1.165, 1.54) is 25.7 Å². The molecule has 0 nitrogen and oxygen atoms in total. The molecule has 0 saturated heterocycles. The van der Waals surface area contributed by atoms with Gasteiger partial charge in [0.25, 0.3) is 0 Å². The molecule has 0 aromatic carbocycles. The Morgan fingerprint density at radius 1 is 1.09 bits per heavy atom. The molecule has 0 N–H and O–H groups in total. The Hall–Kier alpha value is -0.260. The van der Waals surface area contributed by atoms with Crippen LogP contribution >= 0.6 is 0 Å². The molecule has 0 saturated carbocycles. The van der Waals surface area contributed by atoms with Crippen molar-refractivity contribution in [1.82, 2.24) is 0 Å². The maximum Gasteiger partial charge on any atom is -0.0175 e. The fourth-order valence-electron chi connectivity index (χ4n) is 1.30. The molecule has 0 aliphatic heterocycles. The first-order valence-corrected chi connectivity index (χ1v) is 4.80. The molecule has 0 aromatic rings. The lowest BCUT2D eigenvalue weighted by atomic mass is 9.87. The standard InChI is InChI=1S/C11H22/c1-5-7-8-10-11(3,4)9-6-2/h8,10H,5-7,9H2,1-4H3/b10-8+. The first-order valence-electron chi connectivity index (χ1n) is 4.80. The van der Waals surface area contributed by atoms with E-state index in [9.17, 15) is 0 Å². The highest BCUT2D eigenvalue weighted by Gasteiger charge is 2.10. The summed E-state index contributed by atoms with van der Waals surface area (Å²) in [5.41, 5.74) is 0.421. The number of hydrogen-bond acceptors (Lipinski definition) is 0. The Morgan fingerprint density at radius 3 is 2.18 bits per heavy atom. The van der Waals surface area contributed by atoms with Crippen LogP contribution < -0.4 is 0 Å². The van der Waals surface area contributed by atoms with Gasteiger partial charge in [-0.05, 0) is 18.3 Å². The summed E-state index contributed by atoms with van der Waals surface area (Å²) in [6.45, 7) is 9.08. The van der Waals surface area contributed by atoms with E-state index in [0.29, 0.717) is 5.41 Å². The van der Waals surface area contributed by atoms with Crippen molar-refractivity contribution in [1.29, 1.82) is 0 Å². The third kappa shape index (κ3) is 6.15. The fourth-order valence-corrected chi connectivity index (χ4v) is 1.30. The second kappa shape index (κ2) is 5.40. The average Bonchev–Trinajstić information content (AvgIpc) is 1.87. The maximum absolute atomic E-state index is 2.36. The molecular weight excluding hydrogens is 132 g/mol. The lowest BCUT2D eigenvalue weighted by molar-refractivity contribution is 0.430. The van der Waals surface area contributed by atoms with Crippen molar-refractivity contribution >= 4 is 0 Å². The summed E-state index contributed by atoms with van der Waals surface area (Å²) in [7, 11) is 0. The highest BCUT2D eigenvalue weighted by molar-refractivity contribution is 4.94. The fraction of sp³-hybridized carbons (Fsp3) is 0.818. The minimum Gasteiger partial charge on any atom is -0.0880 e. The molecule has 0 radical (unpaired) electrons. The van der Waals surface area contributed by atoms with Crippen molar-refractivity contribution in [2.45, 2.75) is 53.4 Å². The summed E-state index contributed by atoms with van der Waals surface area (Å²) >= 11 is 0. The summed E-state index contributed by atoms with van der Waals surface area (Å²) in [5.74, 6) is 0. The van der Waals surface area contributed by atoms with E-state index in [4.69, 9.17) is 0 Å². The quantitative estimate of drug-likeness (QED) is 0.521. The minimum absolute atomic E-state index is 0.421. The second-order valence-electron chi connectivity index (χ2n) is 3.93. The van der Waals surface area contributed by atoms with Crippen LogP contribution in [0.1, 0.15) is 53.4 Å². The van der Waals surface area contributed by atoms with Crippen LogP contribution in [0.15, 0.2) is 12.2 Å². The molecule has 0 bridgehead atoms. The molecule has 0 fully saturated rings. The lowest BCUT2D eigenvalue weighted by Crippen LogP contribution is -2.05. The molecule has 0 aliphatic carbocycles. The SMILES string of the molecule is CCC/C=C/C(C)(C)CCC. The van der Waals surface area contributed by atoms with Gasteiger partial charge in [-0.25, -0.2) is 0 Å². The van der Waals surface area contributed by atoms with Crippen LogP contribution in [0, 0.1) is 5.41 Å². The highest BCUT2D eigenvalue weighted by atomic mass is 14.2. The molecule has 0 heterocycles. The molecule has 0 atom stereocenters. The molecule has 0 unspecified atom stereocenters. The van der Waals surface area contributed by atoms with Gasteiger partial charge >= 0.3 is 0 Å². The van der Waals surface area contributed by atoms with E-state index in [2.05, 4.69) is 39.8 Å². The zero-order valence-corrected chi connectivity index (χ0v) is 8.48. The van der Waals surface area contributed by atoms with Gasteiger partial charge in [-0.1, -0.05) is 52.7 Å². The average molecular weight is 154 g/mol. The van der Waals surface area contributed by atoms with Gasteiger partial charge in [0.1, 0.15) is 0 Å². The molecule has 0 aromatic heterocycles. The van der Waals surface area contributed by atoms with Gasteiger partial charge in [0.05, 0.1) is 0 Å². The zero-order valence-electron chi connectivity index (χ0n) is 8.48. The van der Waals surface area contributed by atoms with Gasteiger partial charge in [-0.3, -0.25) is 0 Å². The van der Waals surface area contributed by atoms with Crippen LogP contribution in [0.4, 0.5) is 0 Å². The van der Waals surface area contributed by atoms with Crippen molar-refractivity contribution in [3.05, 3.63) is 12.2 Å². The number of hydrogen-bond donors (Lipinski definition) is 0. The van der Waals surface area contributed by atoms with E-state index in [1.807, 2.05) is 0 Å². The lowest BCUT2D eigenvalue weighted by Gasteiger charge is -2.18. The van der Waals surface area contributed by atoms with E-state index >= 15 is 0 Å². The maximum atomic E-state index is 2.36. The van der Waals surface area contributed by atoms with Crippen LogP contribution in [0.25, 0.3) is 0 Å². The van der Waals surface area contributed by atoms with Crippen molar-refractivity contribution < 1.29 is 0 Å². The molecule has 11 heavy (non-hydrogen) atoms. The summed E-state index contributed by atoms with van der Waals surface area (Å²) in [5, 5.41) is 0. The number of rotatable bonds is 5. The van der Waals surface area contributed by atoms with Gasteiger partial charge in [-0.2, -0.15) is 0 Å². The Bertz CT molecular complexity index is 109. The predicted molar refractivity (Wildman–Crippen MR) is 52.7 cm³/mol. The zero-order chi connectivity index (χ0) is 8.74. The van der Waals surface area contributed by atoms with Crippen molar-refractivity contribution in [3.8, 4) is 0 Å². The summed E-state index contributed by atoms with van der Waals surface area (Å²) in [6.07, 6.45) is 9.75. The van der Waals surface area contributed by atoms with E-state index in [1.54, 1.807) is 0 Å². The normalized spacial score (nSPS) is 12.7. The smallest absolute Gasteiger partial charge is 0.0175 e. The molecule has 0 rings (SSSR count). The molecule has 0 amide bonds. The Labute approximate surface area is 71.7 Å². The van der Waals surface area contributed by atoms with Crippen LogP contribution in [0.3, 0.4) is 0 Å². The van der Waals surface area contributed by atoms with Crippen molar-refractivity contribution in [2.24, 2.45) is 5.41 Å². The number of unbranched alkanes of at least 4 members (excludes halogenated alkanes) is 1. The van der Waals surface area contributed by atoms with E-state index in [0.717, 1.165) is 0 Å². The molecular formula is C11H22. The minimum atomic E-state index is 0.421. The second-order valence-corrected chi connectivity index (χ2v) is 3.93. The van der Waals surface area contributed by atoms with Gasteiger partial charge in [-0.15, -0.1) is 0 Å². The Kier molecular flexibility index (Phi) is 5.27. The van der Waals surface area contributed by atoms with Crippen LogP contribution in [0.2, 0.25) is 0 Å². The molecule has 66 valence electrons. The predicted octanol–water partition coefficient (Wildman–Crippen LogP) is 4.17. The van der Waals surface area contributed by atoms with Gasteiger partial charge in [0, 0.05) is 0 Å². The number of allylic oxidation sites excluding steroid dienone is 2. The Balaban J connectivity index is 3.69. The van der Waals surface area contributed by atoms with Crippen LogP contribution in [-0.2, 0) is 0 Å². The van der Waals surface area contributed by atoms with Crippen molar-refractivity contribution in [2.75, 3.05) is 0 Å². The molecule has 0 heteroatoms. The van der Waals surface area contributed by atoms with Crippen molar-refractivity contribution in [3.63, 3.8) is 0 Å². The van der Waals surface area contributed by atoms with Crippen LogP contribution in [0.5, 0.6) is 0 Å². The largest absolute Gasteiger partial charge is 0.0880 e. The highest BCUT2D eigenvalue weighted by Crippen LogP contribution is 2.23. The topological polar surface area (TPSA) is 0 Å². The summed E-state index contributed by atoms with van der Waals surface area (Å²) in [4.78, 5) is 0.